The van der Waals surface area contributed by atoms with E-state index in [0.29, 0.717) is 26.3 Å². The number of hydrogen-bond acceptors (Lipinski definition) is 3. The molecule has 0 fully saturated rings. The van der Waals surface area contributed by atoms with Crippen LogP contribution in [0.5, 0.6) is 0 Å². The Morgan fingerprint density at radius 3 is 2.83 bits per heavy atom. The SMILES string of the molecule is CCOCCCNC(=O)NCc1cnn(Cc2ccccc2)c1. The summed E-state index contributed by atoms with van der Waals surface area (Å²) in [4.78, 5) is 11.7. The van der Waals surface area contributed by atoms with E-state index in [0.717, 1.165) is 18.5 Å². The molecule has 0 bridgehead atoms. The van der Waals surface area contributed by atoms with Crippen LogP contribution >= 0.6 is 0 Å². The number of benzene rings is 1. The van der Waals surface area contributed by atoms with Gasteiger partial charge in [-0.15, -0.1) is 0 Å². The number of nitrogens with zero attached hydrogens (tertiary/aromatic N) is 2. The molecular formula is C17H24N4O2. The lowest BCUT2D eigenvalue weighted by Crippen LogP contribution is -2.35. The highest BCUT2D eigenvalue weighted by atomic mass is 16.5. The maximum atomic E-state index is 11.7. The van der Waals surface area contributed by atoms with Crippen LogP contribution in [0.15, 0.2) is 42.7 Å². The zero-order chi connectivity index (χ0) is 16.3. The third kappa shape index (κ3) is 6.52. The number of carbonyl (C=O) groups is 1. The molecule has 6 heteroatoms. The summed E-state index contributed by atoms with van der Waals surface area (Å²) in [7, 11) is 0. The van der Waals surface area contributed by atoms with E-state index in [1.54, 1.807) is 6.20 Å². The number of ether oxygens (including phenoxy) is 1. The third-order valence-corrected chi connectivity index (χ3v) is 3.28. The van der Waals surface area contributed by atoms with Gasteiger partial charge >= 0.3 is 6.03 Å². The summed E-state index contributed by atoms with van der Waals surface area (Å²) < 4.78 is 7.08. The Labute approximate surface area is 136 Å². The van der Waals surface area contributed by atoms with Crippen molar-refractivity contribution in [1.29, 1.82) is 0 Å². The van der Waals surface area contributed by atoms with Crippen LogP contribution in [-0.2, 0) is 17.8 Å². The molecule has 0 saturated carbocycles. The lowest BCUT2D eigenvalue weighted by molar-refractivity contribution is 0.145. The molecule has 2 N–H and O–H groups in total. The lowest BCUT2D eigenvalue weighted by Gasteiger charge is -2.06. The normalized spacial score (nSPS) is 10.5. The van der Waals surface area contributed by atoms with Crippen molar-refractivity contribution in [3.63, 3.8) is 0 Å². The summed E-state index contributed by atoms with van der Waals surface area (Å²) in [6, 6.07) is 9.98. The van der Waals surface area contributed by atoms with Gasteiger partial charge in [0, 0.05) is 38.1 Å². The third-order valence-electron chi connectivity index (χ3n) is 3.28. The van der Waals surface area contributed by atoms with E-state index < -0.39 is 0 Å². The maximum absolute atomic E-state index is 11.7. The molecule has 124 valence electrons. The van der Waals surface area contributed by atoms with Crippen molar-refractivity contribution in [2.24, 2.45) is 0 Å². The monoisotopic (exact) mass is 316 g/mol. The van der Waals surface area contributed by atoms with Gasteiger partial charge in [-0.1, -0.05) is 30.3 Å². The molecule has 23 heavy (non-hydrogen) atoms. The second-order valence-corrected chi connectivity index (χ2v) is 5.19. The van der Waals surface area contributed by atoms with Gasteiger partial charge in [0.25, 0.3) is 0 Å². The van der Waals surface area contributed by atoms with Crippen molar-refractivity contribution in [2.75, 3.05) is 19.8 Å². The smallest absolute Gasteiger partial charge is 0.315 e. The first-order chi connectivity index (χ1) is 11.3. The van der Waals surface area contributed by atoms with E-state index in [1.807, 2.05) is 36.0 Å². The fraction of sp³-hybridized carbons (Fsp3) is 0.412. The standard InChI is InChI=1S/C17H24N4O2/c1-2-23-10-6-9-18-17(22)19-11-16-12-20-21(14-16)13-15-7-4-3-5-8-15/h3-5,7-8,12,14H,2,6,9-11,13H2,1H3,(H2,18,19,22). The molecule has 0 atom stereocenters. The minimum absolute atomic E-state index is 0.169. The minimum Gasteiger partial charge on any atom is -0.382 e. The molecule has 2 rings (SSSR count). The topological polar surface area (TPSA) is 68.2 Å². The predicted molar refractivity (Wildman–Crippen MR) is 89.1 cm³/mol. The molecule has 2 amide bonds. The average molecular weight is 316 g/mol. The molecular weight excluding hydrogens is 292 g/mol. The molecule has 1 aromatic heterocycles. The zero-order valence-electron chi connectivity index (χ0n) is 13.5. The first-order valence-corrected chi connectivity index (χ1v) is 7.92. The molecule has 1 aromatic carbocycles. The van der Waals surface area contributed by atoms with Crippen LogP contribution < -0.4 is 10.6 Å². The van der Waals surface area contributed by atoms with Gasteiger partial charge in [0.15, 0.2) is 0 Å². The molecule has 6 nitrogen and oxygen atoms in total. The Balaban J connectivity index is 1.67. The number of aromatic nitrogens is 2. The Bertz CT molecular complexity index is 583. The average Bonchev–Trinajstić information content (AvgIpc) is 3.01. The minimum atomic E-state index is -0.169. The first kappa shape index (κ1) is 17.0. The summed E-state index contributed by atoms with van der Waals surface area (Å²) in [6.45, 7) is 5.13. The summed E-state index contributed by atoms with van der Waals surface area (Å²) in [5.74, 6) is 0. The highest BCUT2D eigenvalue weighted by Gasteiger charge is 2.03. The Morgan fingerprint density at radius 2 is 2.04 bits per heavy atom. The molecule has 1 heterocycles. The second-order valence-electron chi connectivity index (χ2n) is 5.19. The van der Waals surface area contributed by atoms with Gasteiger partial charge in [0.1, 0.15) is 0 Å². The Hall–Kier alpha value is -2.34. The molecule has 2 aromatic rings. The van der Waals surface area contributed by atoms with E-state index in [9.17, 15) is 4.79 Å². The number of rotatable bonds is 9. The van der Waals surface area contributed by atoms with Crippen LogP contribution in [0.1, 0.15) is 24.5 Å². The quantitative estimate of drug-likeness (QED) is 0.697. The van der Waals surface area contributed by atoms with Crippen LogP contribution in [0.3, 0.4) is 0 Å². The van der Waals surface area contributed by atoms with Crippen LogP contribution in [0.2, 0.25) is 0 Å². The van der Waals surface area contributed by atoms with Crippen molar-refractivity contribution in [1.82, 2.24) is 20.4 Å². The number of nitrogens with one attached hydrogen (secondary N) is 2. The number of hydrogen-bond donors (Lipinski definition) is 2. The van der Waals surface area contributed by atoms with Crippen LogP contribution in [0.4, 0.5) is 4.79 Å². The zero-order valence-corrected chi connectivity index (χ0v) is 13.5. The van der Waals surface area contributed by atoms with Gasteiger partial charge in [0.05, 0.1) is 12.7 Å². The number of urea groups is 1. The van der Waals surface area contributed by atoms with Crippen molar-refractivity contribution in [3.8, 4) is 0 Å². The Kier molecular flexibility index (Phi) is 7.13. The highest BCUT2D eigenvalue weighted by Crippen LogP contribution is 2.03. The van der Waals surface area contributed by atoms with Crippen LogP contribution in [-0.4, -0.2) is 35.6 Å². The summed E-state index contributed by atoms with van der Waals surface area (Å²) in [5.41, 5.74) is 2.17. The van der Waals surface area contributed by atoms with Gasteiger partial charge in [-0.25, -0.2) is 4.79 Å². The highest BCUT2D eigenvalue weighted by molar-refractivity contribution is 5.73. The van der Waals surface area contributed by atoms with Crippen LogP contribution in [0, 0.1) is 0 Å². The second kappa shape index (κ2) is 9.63. The van der Waals surface area contributed by atoms with Crippen molar-refractivity contribution in [3.05, 3.63) is 53.9 Å². The van der Waals surface area contributed by atoms with E-state index in [-0.39, 0.29) is 6.03 Å². The molecule has 0 aliphatic rings. The molecule has 0 spiro atoms. The van der Waals surface area contributed by atoms with Gasteiger partial charge in [-0.05, 0) is 18.9 Å². The van der Waals surface area contributed by atoms with E-state index in [1.165, 1.54) is 5.56 Å². The number of amides is 2. The molecule has 0 saturated heterocycles. The maximum Gasteiger partial charge on any atom is 0.315 e. The van der Waals surface area contributed by atoms with Gasteiger partial charge < -0.3 is 15.4 Å². The Morgan fingerprint density at radius 1 is 1.22 bits per heavy atom. The number of carbonyl (C=O) groups excluding carboxylic acids is 1. The summed E-state index contributed by atoms with van der Waals surface area (Å²) in [6.07, 6.45) is 4.54. The van der Waals surface area contributed by atoms with E-state index >= 15 is 0 Å². The summed E-state index contributed by atoms with van der Waals surface area (Å²) in [5, 5.41) is 9.94. The fourth-order valence-electron chi connectivity index (χ4n) is 2.12. The molecule has 0 aliphatic carbocycles. The van der Waals surface area contributed by atoms with Crippen molar-refractivity contribution >= 4 is 6.03 Å². The first-order valence-electron chi connectivity index (χ1n) is 7.92. The van der Waals surface area contributed by atoms with Crippen molar-refractivity contribution in [2.45, 2.75) is 26.4 Å². The molecule has 0 aliphatic heterocycles. The van der Waals surface area contributed by atoms with E-state index in [4.69, 9.17) is 4.74 Å². The molecule has 0 radical (unpaired) electrons. The van der Waals surface area contributed by atoms with Gasteiger partial charge in [-0.3, -0.25) is 4.68 Å². The van der Waals surface area contributed by atoms with Crippen molar-refractivity contribution < 1.29 is 9.53 Å². The summed E-state index contributed by atoms with van der Waals surface area (Å²) >= 11 is 0. The van der Waals surface area contributed by atoms with Gasteiger partial charge in [-0.2, -0.15) is 5.10 Å². The predicted octanol–water partition coefficient (Wildman–Crippen LogP) is 2.16. The van der Waals surface area contributed by atoms with Crippen LogP contribution in [0.25, 0.3) is 0 Å². The van der Waals surface area contributed by atoms with Gasteiger partial charge in [0.2, 0.25) is 0 Å². The fourth-order valence-corrected chi connectivity index (χ4v) is 2.12. The lowest BCUT2D eigenvalue weighted by atomic mass is 10.2. The van der Waals surface area contributed by atoms with E-state index in [2.05, 4.69) is 27.9 Å². The molecule has 0 unspecified atom stereocenters. The largest absolute Gasteiger partial charge is 0.382 e.